The molecule has 2 saturated heterocycles. The molecule has 58 heavy (non-hydrogen) atoms. The Morgan fingerprint density at radius 2 is 1.55 bits per heavy atom. The molecule has 0 spiro atoms. The van der Waals surface area contributed by atoms with Crippen molar-refractivity contribution in [1.82, 2.24) is 25.8 Å². The van der Waals surface area contributed by atoms with Gasteiger partial charge in [0.2, 0.25) is 5.91 Å². The molecule has 4 saturated carbocycles. The minimum absolute atomic E-state index is 0.141. The van der Waals surface area contributed by atoms with Gasteiger partial charge in [-0.25, -0.2) is 0 Å². The van der Waals surface area contributed by atoms with E-state index in [1.165, 1.54) is 37.7 Å². The summed E-state index contributed by atoms with van der Waals surface area (Å²) in [5.74, 6) is 4.30. The van der Waals surface area contributed by atoms with Crippen molar-refractivity contribution in [1.29, 1.82) is 0 Å². The topological polar surface area (TPSA) is 109 Å². The maximum absolute atomic E-state index is 14.0. The smallest absolute Gasteiger partial charge is 0.251 e. The number of benzene rings is 2. The molecule has 9 rings (SSSR count). The number of anilines is 1. The van der Waals surface area contributed by atoms with Crippen LogP contribution < -0.4 is 20.9 Å². The first kappa shape index (κ1) is 41.1. The van der Waals surface area contributed by atoms with Crippen LogP contribution in [0.2, 0.25) is 0 Å². The summed E-state index contributed by atoms with van der Waals surface area (Å²) in [5, 5.41) is 20.2. The number of carbonyl (C=O) groups excluding carboxylic acids is 2. The molecule has 2 aromatic carbocycles. The van der Waals surface area contributed by atoms with Gasteiger partial charge < -0.3 is 30.7 Å². The Labute approximate surface area is 346 Å². The number of rotatable bonds is 14. The summed E-state index contributed by atoms with van der Waals surface area (Å²) < 4.78 is 5.71. The molecule has 4 N–H and O–H groups in total. The lowest BCUT2D eigenvalue weighted by Crippen LogP contribution is -2.49. The van der Waals surface area contributed by atoms with E-state index in [1.54, 1.807) is 0 Å². The predicted molar refractivity (Wildman–Crippen MR) is 231 cm³/mol. The monoisotopic (exact) mass is 793 g/mol. The van der Waals surface area contributed by atoms with E-state index in [9.17, 15) is 14.7 Å². The molecular formula is C48H68N6O4. The maximum atomic E-state index is 14.0. The fourth-order valence-corrected chi connectivity index (χ4v) is 11.7. The van der Waals surface area contributed by atoms with Gasteiger partial charge >= 0.3 is 0 Å². The predicted octanol–water partition coefficient (Wildman–Crippen LogP) is 6.24. The summed E-state index contributed by atoms with van der Waals surface area (Å²) in [7, 11) is 0. The number of piperazine rings is 1. The highest BCUT2D eigenvalue weighted by Crippen LogP contribution is 2.57. The van der Waals surface area contributed by atoms with Crippen molar-refractivity contribution in [2.24, 2.45) is 29.6 Å². The maximum Gasteiger partial charge on any atom is 0.251 e. The molecule has 2 aromatic rings. The summed E-state index contributed by atoms with van der Waals surface area (Å²) in [6.07, 6.45) is 10.8. The third-order valence-corrected chi connectivity index (χ3v) is 14.7. The molecule has 3 heterocycles. The molecule has 10 nitrogen and oxygen atoms in total. The minimum atomic E-state index is -0.820. The van der Waals surface area contributed by atoms with Crippen molar-refractivity contribution >= 4 is 17.5 Å². The fourth-order valence-electron chi connectivity index (χ4n) is 11.7. The summed E-state index contributed by atoms with van der Waals surface area (Å²) in [4.78, 5) is 34.4. The Morgan fingerprint density at radius 3 is 2.21 bits per heavy atom. The summed E-state index contributed by atoms with van der Waals surface area (Å²) in [5.41, 5.74) is 8.76. The van der Waals surface area contributed by atoms with E-state index in [2.05, 4.69) is 74.8 Å². The zero-order valence-electron chi connectivity index (χ0n) is 35.5. The van der Waals surface area contributed by atoms with Gasteiger partial charge in [0.15, 0.2) is 0 Å². The van der Waals surface area contributed by atoms with E-state index < -0.39 is 6.23 Å². The molecule has 6 fully saturated rings. The average Bonchev–Trinajstić information content (AvgIpc) is 3.21. The molecule has 4 aliphatic carbocycles. The molecule has 1 unspecified atom stereocenters. The first-order chi connectivity index (χ1) is 28.1. The number of aliphatic hydroxyl groups excluding tert-OH is 1. The zero-order chi connectivity index (χ0) is 40.3. The number of dihydropyridines is 1. The van der Waals surface area contributed by atoms with Crippen molar-refractivity contribution in [3.05, 3.63) is 76.0 Å². The van der Waals surface area contributed by atoms with Crippen LogP contribution in [0.3, 0.4) is 0 Å². The van der Waals surface area contributed by atoms with Crippen molar-refractivity contribution in [3.8, 4) is 11.1 Å². The van der Waals surface area contributed by atoms with Gasteiger partial charge in [0.05, 0.1) is 0 Å². The van der Waals surface area contributed by atoms with Crippen LogP contribution in [-0.2, 0) is 16.1 Å². The van der Waals surface area contributed by atoms with E-state index in [4.69, 9.17) is 4.74 Å². The van der Waals surface area contributed by atoms with E-state index in [-0.39, 0.29) is 18.4 Å². The van der Waals surface area contributed by atoms with Gasteiger partial charge in [-0.15, -0.1) is 0 Å². The standard InChI is InChI=1S/C48H68N6O4/c1-5-54(41-10-18-58-19-11-41)45-27-38(26-42(33(45)4)47(56)50-29-44-31(2)20-32(3)51-48(44)57)37-8-6-34(7-9-37)30-53-16-14-52(15-17-53)13-12-49-46(55)28-43-39-22-35-21-36(24-39)25-40(43)23-35/h6-9,20,26-27,35-36,39-41,43,48,51,57H,5,10-19,21-25,28-30H2,1-4H3,(H,49,55)(H,50,56). The number of amides is 2. The summed E-state index contributed by atoms with van der Waals surface area (Å²) in [6.45, 7) is 17.4. The van der Waals surface area contributed by atoms with Gasteiger partial charge in [0.25, 0.3) is 5.91 Å². The van der Waals surface area contributed by atoms with Gasteiger partial charge in [0.1, 0.15) is 6.23 Å². The second-order valence-corrected chi connectivity index (χ2v) is 18.5. The number of nitrogens with one attached hydrogen (secondary N) is 3. The van der Waals surface area contributed by atoms with E-state index in [0.29, 0.717) is 17.5 Å². The van der Waals surface area contributed by atoms with E-state index in [0.717, 1.165) is 148 Å². The molecule has 3 aliphatic heterocycles. The molecule has 7 aliphatic rings. The quantitative estimate of drug-likeness (QED) is 0.178. The number of ether oxygens (including phenoxy) is 1. The summed E-state index contributed by atoms with van der Waals surface area (Å²) >= 11 is 0. The van der Waals surface area contributed by atoms with Crippen LogP contribution in [0.5, 0.6) is 0 Å². The molecular weight excluding hydrogens is 725 g/mol. The van der Waals surface area contributed by atoms with Crippen molar-refractivity contribution in [2.75, 3.05) is 70.5 Å². The highest BCUT2D eigenvalue weighted by Gasteiger charge is 2.48. The van der Waals surface area contributed by atoms with Gasteiger partial charge in [0, 0.05) is 107 Å². The number of hydrogen-bond donors (Lipinski definition) is 4. The first-order valence-corrected chi connectivity index (χ1v) is 22.5. The number of allylic oxidation sites excluding steroid dienone is 3. The third-order valence-electron chi connectivity index (χ3n) is 14.7. The Bertz CT molecular complexity index is 1810. The Kier molecular flexibility index (Phi) is 12.9. The fraction of sp³-hybridized carbons (Fsp3) is 0.625. The second-order valence-electron chi connectivity index (χ2n) is 18.5. The van der Waals surface area contributed by atoms with Crippen LogP contribution in [-0.4, -0.2) is 105 Å². The van der Waals surface area contributed by atoms with Crippen LogP contribution >= 0.6 is 0 Å². The average molecular weight is 793 g/mol. The highest BCUT2D eigenvalue weighted by molar-refractivity contribution is 5.99. The molecule has 0 radical (unpaired) electrons. The SMILES string of the molecule is CCN(c1cc(-c2ccc(CN3CCN(CCNC(=O)CC4C5CC6CC(C5)CC4C6)CC3)cc2)cc(C(=O)NCC2=C(C)C=C(C)NC2O)c1C)C1CCOCC1. The largest absolute Gasteiger partial charge is 0.381 e. The van der Waals surface area contributed by atoms with Crippen molar-refractivity contribution < 1.29 is 19.4 Å². The molecule has 2 amide bonds. The van der Waals surface area contributed by atoms with Crippen LogP contribution in [0.15, 0.2) is 59.3 Å². The Balaban J connectivity index is 0.870. The van der Waals surface area contributed by atoms with Crippen molar-refractivity contribution in [2.45, 2.75) is 97.9 Å². The number of aliphatic hydroxyl groups is 1. The summed E-state index contributed by atoms with van der Waals surface area (Å²) in [6, 6.07) is 13.5. The van der Waals surface area contributed by atoms with Gasteiger partial charge in [-0.1, -0.05) is 24.3 Å². The molecule has 4 bridgehead atoms. The zero-order valence-corrected chi connectivity index (χ0v) is 35.5. The molecule has 0 aromatic heterocycles. The number of nitrogens with zero attached hydrogens (tertiary/aromatic N) is 3. The normalized spacial score (nSPS) is 27.6. The molecule has 10 heteroatoms. The molecule has 1 atom stereocenters. The van der Waals surface area contributed by atoms with Crippen LogP contribution in [0, 0.1) is 36.5 Å². The first-order valence-electron chi connectivity index (χ1n) is 22.5. The lowest BCUT2D eigenvalue weighted by Gasteiger charge is -2.54. The van der Waals surface area contributed by atoms with Gasteiger partial charge in [-0.2, -0.15) is 0 Å². The Morgan fingerprint density at radius 1 is 0.879 bits per heavy atom. The van der Waals surface area contributed by atoms with Gasteiger partial charge in [-0.3, -0.25) is 19.4 Å². The molecule has 314 valence electrons. The van der Waals surface area contributed by atoms with E-state index in [1.807, 2.05) is 26.0 Å². The minimum Gasteiger partial charge on any atom is -0.381 e. The van der Waals surface area contributed by atoms with Gasteiger partial charge in [-0.05, 0) is 148 Å². The third kappa shape index (κ3) is 9.35. The highest BCUT2D eigenvalue weighted by atomic mass is 16.5. The second kappa shape index (κ2) is 18.3. The van der Waals surface area contributed by atoms with Crippen LogP contribution in [0.1, 0.15) is 93.6 Å². The lowest BCUT2D eigenvalue weighted by atomic mass is 9.51. The number of carbonyl (C=O) groups is 2. The Hall–Kier alpha value is -3.70. The van der Waals surface area contributed by atoms with Crippen molar-refractivity contribution in [3.63, 3.8) is 0 Å². The number of hydrogen-bond acceptors (Lipinski definition) is 8. The lowest BCUT2D eigenvalue weighted by molar-refractivity contribution is -0.126. The van der Waals surface area contributed by atoms with E-state index >= 15 is 0 Å². The van der Waals surface area contributed by atoms with Crippen LogP contribution in [0.25, 0.3) is 11.1 Å². The van der Waals surface area contributed by atoms with Crippen LogP contribution in [0.4, 0.5) is 5.69 Å².